The smallest absolute Gasteiger partial charge is 0.338 e. The van der Waals surface area contributed by atoms with Crippen LogP contribution in [0.5, 0.6) is 5.75 Å². The Morgan fingerprint density at radius 3 is 2.20 bits per heavy atom. The number of imidazole rings is 1. The number of esters is 1. The van der Waals surface area contributed by atoms with E-state index in [9.17, 15) is 9.59 Å². The Bertz CT molecular complexity index is 1000. The van der Waals surface area contributed by atoms with Gasteiger partial charge in [0.25, 0.3) is 0 Å². The molecule has 1 atom stereocenters. The molecule has 3 rings (SSSR count). The summed E-state index contributed by atoms with van der Waals surface area (Å²) in [7, 11) is 0. The Hall–Kier alpha value is -2.83. The number of halogens is 2. The number of Topliss-reactive ketones (excluding diaryl/α,β-unsaturated/α-hetero) is 1. The van der Waals surface area contributed by atoms with Gasteiger partial charge in [-0.05, 0) is 62.4 Å². The predicted octanol–water partition coefficient (Wildman–Crippen LogP) is 5.22. The van der Waals surface area contributed by atoms with Crippen LogP contribution in [0.4, 0.5) is 0 Å². The maximum absolute atomic E-state index is 13.3. The normalized spacial score (nSPS) is 12.3. The number of benzene rings is 2. The molecule has 156 valence electrons. The first-order chi connectivity index (χ1) is 14.3. The van der Waals surface area contributed by atoms with E-state index in [-0.39, 0.29) is 12.4 Å². The summed E-state index contributed by atoms with van der Waals surface area (Å²) in [6.07, 6.45) is 3.69. The number of carbonyl (C=O) groups excluding carboxylic acids is 2. The van der Waals surface area contributed by atoms with Gasteiger partial charge in [0.05, 0.1) is 17.3 Å². The van der Waals surface area contributed by atoms with Crippen LogP contribution < -0.4 is 4.74 Å². The molecular formula is C22H20Cl2N2O4. The molecule has 0 aliphatic carbocycles. The van der Waals surface area contributed by atoms with Gasteiger partial charge in [-0.1, -0.05) is 23.2 Å². The number of carbonyl (C=O) groups is 2. The van der Waals surface area contributed by atoms with Crippen LogP contribution in [0.25, 0.3) is 0 Å². The molecule has 0 saturated carbocycles. The number of nitrogens with zero attached hydrogens (tertiary/aromatic N) is 2. The lowest BCUT2D eigenvalue weighted by Gasteiger charge is -2.28. The van der Waals surface area contributed by atoms with Crippen molar-refractivity contribution in [2.24, 2.45) is 5.41 Å². The van der Waals surface area contributed by atoms with Crippen molar-refractivity contribution in [3.63, 3.8) is 0 Å². The largest absolute Gasteiger partial charge is 0.463 e. The van der Waals surface area contributed by atoms with Gasteiger partial charge >= 0.3 is 5.97 Å². The number of hydrogen-bond acceptors (Lipinski definition) is 5. The number of rotatable bonds is 8. The van der Waals surface area contributed by atoms with Crippen LogP contribution >= 0.6 is 23.2 Å². The standard InChI is InChI=1S/C22H20Cl2N2O4/c1-22(2,13-29-21(28)15-3-5-16(23)6-4-15)19(27)20(26-12-11-25-14-26)30-18-9-7-17(24)8-10-18/h3-12,14,20H,13H2,1-2H3. The highest BCUT2D eigenvalue weighted by Gasteiger charge is 2.37. The summed E-state index contributed by atoms with van der Waals surface area (Å²) in [6.45, 7) is 3.27. The molecule has 6 nitrogen and oxygen atoms in total. The second-order valence-electron chi connectivity index (χ2n) is 7.27. The van der Waals surface area contributed by atoms with Crippen molar-refractivity contribution in [1.82, 2.24) is 9.55 Å². The fourth-order valence-corrected chi connectivity index (χ4v) is 2.87. The summed E-state index contributed by atoms with van der Waals surface area (Å²) in [5, 5.41) is 1.08. The third-order valence-electron chi connectivity index (χ3n) is 4.39. The Morgan fingerprint density at radius 2 is 1.63 bits per heavy atom. The van der Waals surface area contributed by atoms with Crippen LogP contribution in [0.1, 0.15) is 30.4 Å². The Labute approximate surface area is 184 Å². The summed E-state index contributed by atoms with van der Waals surface area (Å²) in [6, 6.07) is 13.0. The van der Waals surface area contributed by atoms with E-state index >= 15 is 0 Å². The van der Waals surface area contributed by atoms with Crippen LogP contribution in [-0.4, -0.2) is 27.9 Å². The van der Waals surface area contributed by atoms with Crippen molar-refractivity contribution in [3.8, 4) is 5.75 Å². The molecule has 0 amide bonds. The van der Waals surface area contributed by atoms with Crippen LogP contribution in [0.2, 0.25) is 10.0 Å². The van der Waals surface area contributed by atoms with E-state index < -0.39 is 17.6 Å². The average molecular weight is 447 g/mol. The van der Waals surface area contributed by atoms with Crippen molar-refractivity contribution in [2.75, 3.05) is 6.61 Å². The third kappa shape index (κ3) is 5.40. The highest BCUT2D eigenvalue weighted by Crippen LogP contribution is 2.28. The van der Waals surface area contributed by atoms with E-state index in [1.54, 1.807) is 79.3 Å². The minimum Gasteiger partial charge on any atom is -0.463 e. The van der Waals surface area contributed by atoms with Gasteiger partial charge in [0.2, 0.25) is 12.0 Å². The molecule has 8 heteroatoms. The summed E-state index contributed by atoms with van der Waals surface area (Å²) in [5.74, 6) is -0.342. The highest BCUT2D eigenvalue weighted by molar-refractivity contribution is 6.30. The second-order valence-corrected chi connectivity index (χ2v) is 8.14. The predicted molar refractivity (Wildman–Crippen MR) is 114 cm³/mol. The fourth-order valence-electron chi connectivity index (χ4n) is 2.62. The zero-order chi connectivity index (χ0) is 21.7. The molecule has 0 fully saturated rings. The SMILES string of the molecule is CC(C)(COC(=O)c1ccc(Cl)cc1)C(=O)C(Oc1ccc(Cl)cc1)n1ccnc1. The number of aromatic nitrogens is 2. The monoisotopic (exact) mass is 446 g/mol. The van der Waals surface area contributed by atoms with Crippen LogP contribution in [-0.2, 0) is 9.53 Å². The highest BCUT2D eigenvalue weighted by atomic mass is 35.5. The van der Waals surface area contributed by atoms with Gasteiger partial charge in [0, 0.05) is 22.4 Å². The molecule has 1 heterocycles. The molecule has 0 bridgehead atoms. The molecule has 30 heavy (non-hydrogen) atoms. The average Bonchev–Trinajstić information content (AvgIpc) is 3.26. The molecule has 1 unspecified atom stereocenters. The van der Waals surface area contributed by atoms with Crippen molar-refractivity contribution < 1.29 is 19.1 Å². The summed E-state index contributed by atoms with van der Waals surface area (Å²) in [4.78, 5) is 29.6. The minimum absolute atomic E-state index is 0.123. The first-order valence-electron chi connectivity index (χ1n) is 9.13. The first-order valence-corrected chi connectivity index (χ1v) is 9.88. The molecule has 0 N–H and O–H groups in total. The summed E-state index contributed by atoms with van der Waals surface area (Å²) in [5.41, 5.74) is -0.671. The zero-order valence-corrected chi connectivity index (χ0v) is 17.9. The Kier molecular flexibility index (Phi) is 6.80. The number of ketones is 1. The lowest BCUT2D eigenvalue weighted by molar-refractivity contribution is -0.140. The second kappa shape index (κ2) is 9.32. The van der Waals surface area contributed by atoms with Gasteiger partial charge in [-0.15, -0.1) is 0 Å². The van der Waals surface area contributed by atoms with Crippen molar-refractivity contribution in [3.05, 3.63) is 82.9 Å². The lowest BCUT2D eigenvalue weighted by Crippen LogP contribution is -2.39. The summed E-state index contributed by atoms with van der Waals surface area (Å²) >= 11 is 11.8. The van der Waals surface area contributed by atoms with Crippen LogP contribution in [0.3, 0.4) is 0 Å². The Balaban J connectivity index is 1.74. The van der Waals surface area contributed by atoms with Crippen molar-refractivity contribution in [2.45, 2.75) is 20.1 Å². The first kappa shape index (κ1) is 21.9. The van der Waals surface area contributed by atoms with Crippen LogP contribution in [0, 0.1) is 5.41 Å². The molecule has 0 radical (unpaired) electrons. The maximum Gasteiger partial charge on any atom is 0.338 e. The quantitative estimate of drug-likeness (QED) is 0.443. The maximum atomic E-state index is 13.3. The van der Waals surface area contributed by atoms with Crippen molar-refractivity contribution in [1.29, 1.82) is 0 Å². The van der Waals surface area contributed by atoms with Gasteiger partial charge in [-0.2, -0.15) is 0 Å². The van der Waals surface area contributed by atoms with Gasteiger partial charge < -0.3 is 9.47 Å². The van der Waals surface area contributed by atoms with Crippen molar-refractivity contribution >= 4 is 35.0 Å². The van der Waals surface area contributed by atoms with Gasteiger partial charge in [0.1, 0.15) is 12.4 Å². The van der Waals surface area contributed by atoms with E-state index in [4.69, 9.17) is 32.7 Å². The fraction of sp³-hybridized carbons (Fsp3) is 0.227. The third-order valence-corrected chi connectivity index (χ3v) is 4.90. The molecule has 1 aromatic heterocycles. The van der Waals surface area contributed by atoms with E-state index in [1.807, 2.05) is 0 Å². The van der Waals surface area contributed by atoms with Gasteiger partial charge in [-0.3, -0.25) is 9.36 Å². The molecule has 0 saturated heterocycles. The van der Waals surface area contributed by atoms with Crippen LogP contribution in [0.15, 0.2) is 67.3 Å². The molecule has 3 aromatic rings. The van der Waals surface area contributed by atoms with E-state index in [1.165, 1.54) is 6.33 Å². The molecule has 0 aliphatic heterocycles. The van der Waals surface area contributed by atoms with Gasteiger partial charge in [0.15, 0.2) is 0 Å². The molecule has 0 aliphatic rings. The van der Waals surface area contributed by atoms with E-state index in [2.05, 4.69) is 4.98 Å². The van der Waals surface area contributed by atoms with E-state index in [0.29, 0.717) is 21.4 Å². The van der Waals surface area contributed by atoms with Gasteiger partial charge in [-0.25, -0.2) is 9.78 Å². The molecule has 2 aromatic carbocycles. The van der Waals surface area contributed by atoms with E-state index in [0.717, 1.165) is 0 Å². The number of hydrogen-bond donors (Lipinski definition) is 0. The Morgan fingerprint density at radius 1 is 1.03 bits per heavy atom. The number of ether oxygens (including phenoxy) is 2. The molecular weight excluding hydrogens is 427 g/mol. The topological polar surface area (TPSA) is 70.4 Å². The minimum atomic E-state index is -1.02. The lowest BCUT2D eigenvalue weighted by atomic mass is 9.88. The summed E-state index contributed by atoms with van der Waals surface area (Å²) < 4.78 is 12.9. The molecule has 0 spiro atoms. The zero-order valence-electron chi connectivity index (χ0n) is 16.4.